The molecule has 0 bridgehead atoms. The average Bonchev–Trinajstić information content (AvgIpc) is 2.72. The first-order valence-corrected chi connectivity index (χ1v) is 6.32. The molecule has 1 aromatic heterocycles. The van der Waals surface area contributed by atoms with E-state index in [1.807, 2.05) is 29.6 Å². The Bertz CT molecular complexity index is 506. The van der Waals surface area contributed by atoms with Crippen molar-refractivity contribution in [3.63, 3.8) is 0 Å². The summed E-state index contributed by atoms with van der Waals surface area (Å²) >= 11 is 7.67. The van der Waals surface area contributed by atoms with Crippen LogP contribution in [0.1, 0.15) is 17.9 Å². The Morgan fingerprint density at radius 3 is 3.00 bits per heavy atom. The molecule has 84 valence electrons. The van der Waals surface area contributed by atoms with Crippen LogP contribution in [0.25, 0.3) is 10.1 Å². The van der Waals surface area contributed by atoms with Crippen molar-refractivity contribution >= 4 is 39.0 Å². The maximum atomic E-state index is 11.5. The number of halogens is 1. The summed E-state index contributed by atoms with van der Waals surface area (Å²) in [6.07, 6.45) is 0. The van der Waals surface area contributed by atoms with Crippen molar-refractivity contribution in [3.05, 3.63) is 35.2 Å². The van der Waals surface area contributed by atoms with Gasteiger partial charge in [-0.2, -0.15) is 0 Å². The van der Waals surface area contributed by atoms with Gasteiger partial charge in [0.1, 0.15) is 0 Å². The minimum absolute atomic E-state index is 0.351. The lowest BCUT2D eigenvalue weighted by Crippen LogP contribution is -2.10. The summed E-state index contributed by atoms with van der Waals surface area (Å²) in [5.41, 5.74) is 0.834. The molecule has 0 amide bonds. The summed E-state index contributed by atoms with van der Waals surface area (Å²) in [6.45, 7) is 2.12. The van der Waals surface area contributed by atoms with E-state index in [0.29, 0.717) is 6.61 Å². The fourth-order valence-electron chi connectivity index (χ4n) is 1.54. The first kappa shape index (κ1) is 11.4. The highest BCUT2D eigenvalue weighted by Gasteiger charge is 2.21. The van der Waals surface area contributed by atoms with Gasteiger partial charge in [-0.1, -0.05) is 18.2 Å². The number of fused-ring (bicyclic) bond motifs is 1. The summed E-state index contributed by atoms with van der Waals surface area (Å²) in [6, 6.07) is 7.89. The van der Waals surface area contributed by atoms with E-state index in [-0.39, 0.29) is 5.97 Å². The zero-order chi connectivity index (χ0) is 11.5. The standard InChI is InChI=1S/C12H11ClO2S/c1-2-15-12(14)11(13)9-7-16-10-6-4-3-5-8(9)10/h3-7,11H,2H2,1H3. The van der Waals surface area contributed by atoms with E-state index in [2.05, 4.69) is 0 Å². The monoisotopic (exact) mass is 254 g/mol. The molecule has 1 heterocycles. The van der Waals surface area contributed by atoms with Crippen LogP contribution in [0.4, 0.5) is 0 Å². The number of carbonyl (C=O) groups is 1. The molecule has 0 aliphatic heterocycles. The highest BCUT2D eigenvalue weighted by atomic mass is 35.5. The molecule has 0 fully saturated rings. The predicted molar refractivity (Wildman–Crippen MR) is 67.1 cm³/mol. The third kappa shape index (κ3) is 2.06. The normalized spacial score (nSPS) is 12.6. The molecule has 2 nitrogen and oxygen atoms in total. The zero-order valence-corrected chi connectivity index (χ0v) is 10.3. The molecular formula is C12H11ClO2S. The van der Waals surface area contributed by atoms with Gasteiger partial charge in [0.05, 0.1) is 6.61 Å². The number of alkyl halides is 1. The second-order valence-electron chi connectivity index (χ2n) is 3.30. The van der Waals surface area contributed by atoms with Gasteiger partial charge < -0.3 is 4.74 Å². The van der Waals surface area contributed by atoms with Crippen LogP contribution in [0.15, 0.2) is 29.6 Å². The number of esters is 1. The highest BCUT2D eigenvalue weighted by molar-refractivity contribution is 7.17. The van der Waals surface area contributed by atoms with Crippen molar-refractivity contribution in [1.29, 1.82) is 0 Å². The third-order valence-corrected chi connectivity index (χ3v) is 3.67. The van der Waals surface area contributed by atoms with E-state index in [1.54, 1.807) is 18.3 Å². The van der Waals surface area contributed by atoms with Crippen molar-refractivity contribution in [2.45, 2.75) is 12.3 Å². The Hall–Kier alpha value is -1.06. The lowest BCUT2D eigenvalue weighted by Gasteiger charge is -2.07. The lowest BCUT2D eigenvalue weighted by molar-refractivity contribution is -0.142. The molecule has 0 saturated heterocycles. The largest absolute Gasteiger partial charge is 0.465 e. The molecule has 0 radical (unpaired) electrons. The van der Waals surface area contributed by atoms with E-state index in [1.165, 1.54) is 0 Å². The SMILES string of the molecule is CCOC(=O)C(Cl)c1csc2ccccc12. The van der Waals surface area contributed by atoms with E-state index < -0.39 is 5.38 Å². The molecule has 0 N–H and O–H groups in total. The maximum absolute atomic E-state index is 11.5. The minimum atomic E-state index is -0.712. The van der Waals surface area contributed by atoms with Gasteiger partial charge >= 0.3 is 5.97 Å². The van der Waals surface area contributed by atoms with Gasteiger partial charge in [-0.25, -0.2) is 0 Å². The molecule has 1 atom stereocenters. The van der Waals surface area contributed by atoms with Crippen LogP contribution < -0.4 is 0 Å². The van der Waals surface area contributed by atoms with Crippen molar-refractivity contribution in [3.8, 4) is 0 Å². The molecule has 0 aliphatic carbocycles. The Morgan fingerprint density at radius 1 is 1.50 bits per heavy atom. The van der Waals surface area contributed by atoms with Crippen LogP contribution in [0.3, 0.4) is 0 Å². The molecule has 0 spiro atoms. The van der Waals surface area contributed by atoms with Crippen LogP contribution in [-0.2, 0) is 9.53 Å². The number of hydrogen-bond acceptors (Lipinski definition) is 3. The van der Waals surface area contributed by atoms with E-state index in [0.717, 1.165) is 15.6 Å². The number of rotatable bonds is 3. The summed E-state index contributed by atoms with van der Waals surface area (Å²) in [5, 5.41) is 2.23. The zero-order valence-electron chi connectivity index (χ0n) is 8.77. The Morgan fingerprint density at radius 2 is 2.25 bits per heavy atom. The smallest absolute Gasteiger partial charge is 0.328 e. The highest BCUT2D eigenvalue weighted by Crippen LogP contribution is 2.33. The van der Waals surface area contributed by atoms with Gasteiger partial charge in [0, 0.05) is 4.70 Å². The van der Waals surface area contributed by atoms with Gasteiger partial charge in [0.2, 0.25) is 0 Å². The number of benzene rings is 1. The van der Waals surface area contributed by atoms with Crippen molar-refractivity contribution < 1.29 is 9.53 Å². The van der Waals surface area contributed by atoms with Crippen LogP contribution in [0, 0.1) is 0 Å². The van der Waals surface area contributed by atoms with Crippen LogP contribution in [0.5, 0.6) is 0 Å². The number of thiophene rings is 1. The molecule has 2 rings (SSSR count). The molecule has 1 aromatic carbocycles. The van der Waals surface area contributed by atoms with Gasteiger partial charge in [0.15, 0.2) is 5.38 Å². The summed E-state index contributed by atoms with van der Waals surface area (Å²) < 4.78 is 6.04. The molecule has 0 saturated carbocycles. The second kappa shape index (κ2) is 4.85. The Balaban J connectivity index is 2.36. The van der Waals surface area contributed by atoms with Gasteiger partial charge in [-0.05, 0) is 29.3 Å². The Labute approximate surface area is 103 Å². The quantitative estimate of drug-likeness (QED) is 0.616. The summed E-state index contributed by atoms with van der Waals surface area (Å²) in [4.78, 5) is 11.5. The molecular weight excluding hydrogens is 244 g/mol. The van der Waals surface area contributed by atoms with Gasteiger partial charge in [0.25, 0.3) is 0 Å². The topological polar surface area (TPSA) is 26.3 Å². The Kier molecular flexibility index (Phi) is 3.46. The number of carbonyl (C=O) groups excluding carboxylic acids is 1. The van der Waals surface area contributed by atoms with Crippen molar-refractivity contribution in [1.82, 2.24) is 0 Å². The van der Waals surface area contributed by atoms with Crippen LogP contribution in [0.2, 0.25) is 0 Å². The minimum Gasteiger partial charge on any atom is -0.465 e. The van der Waals surface area contributed by atoms with Crippen LogP contribution in [-0.4, -0.2) is 12.6 Å². The third-order valence-electron chi connectivity index (χ3n) is 2.28. The predicted octanol–water partition coefficient (Wildman–Crippen LogP) is 3.74. The van der Waals surface area contributed by atoms with E-state index in [4.69, 9.17) is 16.3 Å². The number of hydrogen-bond donors (Lipinski definition) is 0. The van der Waals surface area contributed by atoms with E-state index >= 15 is 0 Å². The van der Waals surface area contributed by atoms with Crippen molar-refractivity contribution in [2.24, 2.45) is 0 Å². The molecule has 1 unspecified atom stereocenters. The molecule has 4 heteroatoms. The molecule has 2 aromatic rings. The maximum Gasteiger partial charge on any atom is 0.328 e. The molecule has 16 heavy (non-hydrogen) atoms. The van der Waals surface area contributed by atoms with Gasteiger partial charge in [-0.15, -0.1) is 22.9 Å². The first-order chi connectivity index (χ1) is 7.74. The lowest BCUT2D eigenvalue weighted by atomic mass is 10.1. The first-order valence-electron chi connectivity index (χ1n) is 5.01. The van der Waals surface area contributed by atoms with Crippen molar-refractivity contribution in [2.75, 3.05) is 6.61 Å². The summed E-state index contributed by atoms with van der Waals surface area (Å²) in [7, 11) is 0. The van der Waals surface area contributed by atoms with E-state index in [9.17, 15) is 4.79 Å². The summed E-state index contributed by atoms with van der Waals surface area (Å²) in [5.74, 6) is -0.382. The molecule has 0 aliphatic rings. The average molecular weight is 255 g/mol. The fourth-order valence-corrected chi connectivity index (χ4v) is 2.84. The van der Waals surface area contributed by atoms with Crippen LogP contribution >= 0.6 is 22.9 Å². The fraction of sp³-hybridized carbons (Fsp3) is 0.250. The number of ether oxygens (including phenoxy) is 1. The second-order valence-corrected chi connectivity index (χ2v) is 4.65. The van der Waals surface area contributed by atoms with Gasteiger partial charge in [-0.3, -0.25) is 4.79 Å².